The van der Waals surface area contributed by atoms with Crippen molar-refractivity contribution < 1.29 is 9.84 Å². The largest absolute Gasteiger partial charge is 0.377 e. The van der Waals surface area contributed by atoms with Gasteiger partial charge in [0.15, 0.2) is 6.23 Å². The Morgan fingerprint density at radius 1 is 1.44 bits per heavy atom. The monoisotopic (exact) mass is 219 g/mol. The summed E-state index contributed by atoms with van der Waals surface area (Å²) in [5.74, 6) is 0. The molecule has 1 aromatic carbocycles. The molecule has 1 aliphatic heterocycles. The number of nitrogens with zero attached hydrogens (tertiary/aromatic N) is 1. The summed E-state index contributed by atoms with van der Waals surface area (Å²) in [6.07, 6.45) is 4.29. The average Bonchev–Trinajstić information content (AvgIpc) is 2.35. The quantitative estimate of drug-likeness (QED) is 0.839. The number of ether oxygens (including phenoxy) is 1. The van der Waals surface area contributed by atoms with Crippen LogP contribution in [0.4, 0.5) is 5.69 Å². The van der Waals surface area contributed by atoms with E-state index in [-0.39, 0.29) is 0 Å². The van der Waals surface area contributed by atoms with Crippen molar-refractivity contribution in [1.82, 2.24) is 0 Å². The molecular weight excluding hydrogens is 202 g/mol. The van der Waals surface area contributed by atoms with E-state index in [2.05, 4.69) is 12.1 Å². The molecule has 3 nitrogen and oxygen atoms in total. The number of aliphatic hydroxyl groups is 1. The van der Waals surface area contributed by atoms with E-state index in [1.165, 1.54) is 5.56 Å². The average molecular weight is 219 g/mol. The summed E-state index contributed by atoms with van der Waals surface area (Å²) in [4.78, 5) is 1.86. The number of fused-ring (bicyclic) bond motifs is 1. The Morgan fingerprint density at radius 3 is 3.06 bits per heavy atom. The van der Waals surface area contributed by atoms with Crippen LogP contribution in [0.3, 0.4) is 0 Å². The van der Waals surface area contributed by atoms with Gasteiger partial charge in [0, 0.05) is 18.5 Å². The fourth-order valence-electron chi connectivity index (χ4n) is 1.87. The summed E-state index contributed by atoms with van der Waals surface area (Å²) in [5.41, 5.74) is 2.30. The zero-order chi connectivity index (χ0) is 11.4. The summed E-state index contributed by atoms with van der Waals surface area (Å²) < 4.78 is 5.24. The standard InChI is InChI=1S/C13H17NO2/c1-2-16-10-13(15)14-9-5-7-11-6-3-4-8-12(11)14/h3-6,8-9,13,15H,2,7,10H2,1H3. The topological polar surface area (TPSA) is 32.7 Å². The van der Waals surface area contributed by atoms with E-state index in [0.717, 1.165) is 12.1 Å². The lowest BCUT2D eigenvalue weighted by molar-refractivity contribution is 0.0453. The molecular formula is C13H17NO2. The smallest absolute Gasteiger partial charge is 0.154 e. The maximum atomic E-state index is 10.0. The van der Waals surface area contributed by atoms with Gasteiger partial charge in [0.25, 0.3) is 0 Å². The highest BCUT2D eigenvalue weighted by Gasteiger charge is 2.18. The van der Waals surface area contributed by atoms with Gasteiger partial charge < -0.3 is 14.7 Å². The number of rotatable bonds is 4. The van der Waals surface area contributed by atoms with Crippen molar-refractivity contribution in [2.45, 2.75) is 19.6 Å². The first-order valence-corrected chi connectivity index (χ1v) is 5.61. The first kappa shape index (κ1) is 11.2. The number of para-hydroxylation sites is 1. The maximum absolute atomic E-state index is 10.0. The third-order valence-electron chi connectivity index (χ3n) is 2.67. The minimum atomic E-state index is -0.613. The van der Waals surface area contributed by atoms with Crippen LogP contribution in [-0.4, -0.2) is 24.5 Å². The van der Waals surface area contributed by atoms with Crippen LogP contribution in [0, 0.1) is 0 Å². The van der Waals surface area contributed by atoms with Crippen LogP contribution in [0.15, 0.2) is 36.5 Å². The van der Waals surface area contributed by atoms with E-state index in [1.807, 2.05) is 36.2 Å². The molecule has 0 bridgehead atoms. The van der Waals surface area contributed by atoms with Crippen LogP contribution >= 0.6 is 0 Å². The molecule has 86 valence electrons. The normalized spacial score (nSPS) is 16.0. The van der Waals surface area contributed by atoms with E-state index >= 15 is 0 Å². The van der Waals surface area contributed by atoms with Gasteiger partial charge in [-0.1, -0.05) is 24.3 Å². The first-order valence-electron chi connectivity index (χ1n) is 5.61. The Balaban J connectivity index is 2.15. The zero-order valence-corrected chi connectivity index (χ0v) is 9.47. The number of hydrogen-bond acceptors (Lipinski definition) is 3. The van der Waals surface area contributed by atoms with Crippen LogP contribution in [0.1, 0.15) is 12.5 Å². The zero-order valence-electron chi connectivity index (χ0n) is 9.47. The van der Waals surface area contributed by atoms with Crippen LogP contribution in [-0.2, 0) is 11.2 Å². The molecule has 0 saturated carbocycles. The maximum Gasteiger partial charge on any atom is 0.154 e. The van der Waals surface area contributed by atoms with Crippen molar-refractivity contribution in [3.05, 3.63) is 42.1 Å². The highest BCUT2D eigenvalue weighted by atomic mass is 16.5. The molecule has 0 spiro atoms. The fraction of sp³-hybridized carbons (Fsp3) is 0.385. The van der Waals surface area contributed by atoms with Gasteiger partial charge in [-0.3, -0.25) is 0 Å². The van der Waals surface area contributed by atoms with Crippen molar-refractivity contribution in [3.8, 4) is 0 Å². The van der Waals surface area contributed by atoms with Gasteiger partial charge in [-0.2, -0.15) is 0 Å². The second-order valence-corrected chi connectivity index (χ2v) is 3.76. The molecule has 16 heavy (non-hydrogen) atoms. The van der Waals surface area contributed by atoms with Crippen molar-refractivity contribution in [1.29, 1.82) is 0 Å². The number of anilines is 1. The number of hydrogen-bond donors (Lipinski definition) is 1. The molecule has 1 aliphatic rings. The van der Waals surface area contributed by atoms with Crippen LogP contribution < -0.4 is 4.90 Å². The van der Waals surface area contributed by atoms with Gasteiger partial charge in [0.2, 0.25) is 0 Å². The van der Waals surface area contributed by atoms with E-state index in [4.69, 9.17) is 4.74 Å². The minimum absolute atomic E-state index is 0.329. The van der Waals surface area contributed by atoms with E-state index in [9.17, 15) is 5.11 Å². The predicted molar refractivity (Wildman–Crippen MR) is 64.3 cm³/mol. The van der Waals surface area contributed by atoms with Gasteiger partial charge >= 0.3 is 0 Å². The molecule has 1 N–H and O–H groups in total. The van der Waals surface area contributed by atoms with Crippen LogP contribution in [0.5, 0.6) is 0 Å². The molecule has 2 rings (SSSR count). The molecule has 0 saturated heterocycles. The summed E-state index contributed by atoms with van der Waals surface area (Å²) in [6.45, 7) is 2.87. The second-order valence-electron chi connectivity index (χ2n) is 3.76. The number of allylic oxidation sites excluding steroid dienone is 1. The molecule has 1 heterocycles. The summed E-state index contributed by atoms with van der Waals surface area (Å²) in [5, 5.41) is 10.0. The lowest BCUT2D eigenvalue weighted by Crippen LogP contribution is -2.36. The highest BCUT2D eigenvalue weighted by Crippen LogP contribution is 2.26. The highest BCUT2D eigenvalue weighted by molar-refractivity contribution is 5.59. The third-order valence-corrected chi connectivity index (χ3v) is 2.67. The van der Waals surface area contributed by atoms with Crippen molar-refractivity contribution in [2.75, 3.05) is 18.1 Å². The van der Waals surface area contributed by atoms with Gasteiger partial charge in [-0.05, 0) is 25.0 Å². The minimum Gasteiger partial charge on any atom is -0.377 e. The van der Waals surface area contributed by atoms with Gasteiger partial charge in [0.05, 0.1) is 6.61 Å². The lowest BCUT2D eigenvalue weighted by atomic mass is 10.1. The Kier molecular flexibility index (Phi) is 3.59. The summed E-state index contributed by atoms with van der Waals surface area (Å²) in [6, 6.07) is 8.11. The van der Waals surface area contributed by atoms with E-state index in [0.29, 0.717) is 13.2 Å². The molecule has 0 aliphatic carbocycles. The third kappa shape index (κ3) is 2.26. The Bertz CT molecular complexity index is 376. The Morgan fingerprint density at radius 2 is 2.25 bits per heavy atom. The molecule has 0 amide bonds. The molecule has 0 aromatic heterocycles. The number of benzene rings is 1. The summed E-state index contributed by atoms with van der Waals surface area (Å²) >= 11 is 0. The SMILES string of the molecule is CCOCC(O)N1C=CCc2ccccc21. The first-order chi connectivity index (χ1) is 7.83. The molecule has 0 radical (unpaired) electrons. The van der Waals surface area contributed by atoms with Crippen molar-refractivity contribution >= 4 is 5.69 Å². The Hall–Kier alpha value is -1.32. The molecule has 0 fully saturated rings. The van der Waals surface area contributed by atoms with Crippen molar-refractivity contribution in [3.63, 3.8) is 0 Å². The predicted octanol–water partition coefficient (Wildman–Crippen LogP) is 1.92. The molecule has 3 heteroatoms. The van der Waals surface area contributed by atoms with Gasteiger partial charge in [-0.25, -0.2) is 0 Å². The molecule has 1 atom stereocenters. The van der Waals surface area contributed by atoms with Crippen LogP contribution in [0.25, 0.3) is 0 Å². The van der Waals surface area contributed by atoms with E-state index in [1.54, 1.807) is 0 Å². The van der Waals surface area contributed by atoms with Gasteiger partial charge in [0.1, 0.15) is 0 Å². The van der Waals surface area contributed by atoms with Gasteiger partial charge in [-0.15, -0.1) is 0 Å². The molecule has 1 unspecified atom stereocenters. The van der Waals surface area contributed by atoms with Crippen molar-refractivity contribution in [2.24, 2.45) is 0 Å². The number of aliphatic hydroxyl groups excluding tert-OH is 1. The second kappa shape index (κ2) is 5.14. The molecule has 1 aromatic rings. The van der Waals surface area contributed by atoms with Crippen LogP contribution in [0.2, 0.25) is 0 Å². The van der Waals surface area contributed by atoms with E-state index < -0.39 is 6.23 Å². The Labute approximate surface area is 96.0 Å². The summed E-state index contributed by atoms with van der Waals surface area (Å²) in [7, 11) is 0. The fourth-order valence-corrected chi connectivity index (χ4v) is 1.87. The lowest BCUT2D eigenvalue weighted by Gasteiger charge is -2.30.